The molecule has 3 rings (SSSR count). The molecule has 2 N–H and O–H groups in total. The van der Waals surface area contributed by atoms with E-state index >= 15 is 0 Å². The minimum Gasteiger partial charge on any atom is -0.393 e. The van der Waals surface area contributed by atoms with E-state index in [1.807, 2.05) is 0 Å². The van der Waals surface area contributed by atoms with Gasteiger partial charge in [-0.15, -0.1) is 0 Å². The molecule has 1 aromatic carbocycles. The second-order valence-electron chi connectivity index (χ2n) is 6.89. The van der Waals surface area contributed by atoms with Crippen LogP contribution in [0.4, 0.5) is 5.69 Å². The molecule has 21 heavy (non-hydrogen) atoms. The van der Waals surface area contributed by atoms with Gasteiger partial charge in [0.15, 0.2) is 0 Å². The van der Waals surface area contributed by atoms with Crippen molar-refractivity contribution in [3.8, 4) is 0 Å². The number of rotatable bonds is 6. The van der Waals surface area contributed by atoms with Gasteiger partial charge in [-0.25, -0.2) is 0 Å². The van der Waals surface area contributed by atoms with Gasteiger partial charge in [0.05, 0.1) is 6.10 Å². The minimum absolute atomic E-state index is 0.0896. The molecule has 0 amide bonds. The van der Waals surface area contributed by atoms with E-state index < -0.39 is 0 Å². The van der Waals surface area contributed by atoms with Crippen LogP contribution >= 0.6 is 0 Å². The number of hydrogen-bond donors (Lipinski definition) is 2. The summed E-state index contributed by atoms with van der Waals surface area (Å²) in [6, 6.07) is 9.25. The summed E-state index contributed by atoms with van der Waals surface area (Å²) in [6.07, 6.45) is 5.87. The van der Waals surface area contributed by atoms with E-state index in [4.69, 9.17) is 0 Å². The van der Waals surface area contributed by atoms with E-state index in [1.54, 1.807) is 0 Å². The number of nitrogens with zero attached hydrogens (tertiary/aromatic N) is 1. The van der Waals surface area contributed by atoms with Gasteiger partial charge in [0.1, 0.15) is 0 Å². The predicted molar refractivity (Wildman–Crippen MR) is 87.4 cm³/mol. The smallest absolute Gasteiger partial charge is 0.0564 e. The summed E-state index contributed by atoms with van der Waals surface area (Å²) in [4.78, 5) is 2.46. The summed E-state index contributed by atoms with van der Waals surface area (Å²) in [5, 5.41) is 13.3. The zero-order valence-corrected chi connectivity index (χ0v) is 13.1. The lowest BCUT2D eigenvalue weighted by Crippen LogP contribution is -2.35. The standard InChI is InChI=1S/C18H28N2O/c1-14(12-15-6-7-15)19-18-5-3-2-4-16(18)13-20-10-8-17(21)9-11-20/h2-5,14-15,17,19,21H,6-13H2,1H3. The highest BCUT2D eigenvalue weighted by atomic mass is 16.3. The highest BCUT2D eigenvalue weighted by Gasteiger charge is 2.24. The predicted octanol–water partition coefficient (Wildman–Crippen LogP) is 3.24. The van der Waals surface area contributed by atoms with Crippen LogP contribution in [0.1, 0.15) is 44.6 Å². The van der Waals surface area contributed by atoms with Crippen LogP contribution in [-0.2, 0) is 6.54 Å². The molecule has 1 heterocycles. The Morgan fingerprint density at radius 2 is 1.90 bits per heavy atom. The van der Waals surface area contributed by atoms with E-state index in [0.717, 1.165) is 38.4 Å². The summed E-state index contributed by atoms with van der Waals surface area (Å²) in [6.45, 7) is 5.30. The molecule has 1 unspecified atom stereocenters. The van der Waals surface area contributed by atoms with Crippen molar-refractivity contribution in [2.24, 2.45) is 5.92 Å². The summed E-state index contributed by atoms with van der Waals surface area (Å²) >= 11 is 0. The van der Waals surface area contributed by atoms with Crippen molar-refractivity contribution in [3.05, 3.63) is 29.8 Å². The molecule has 1 aliphatic carbocycles. The maximum atomic E-state index is 9.62. The fourth-order valence-electron chi connectivity index (χ4n) is 3.30. The SMILES string of the molecule is CC(CC1CC1)Nc1ccccc1CN1CCC(O)CC1. The Kier molecular flexibility index (Phi) is 4.81. The number of likely N-dealkylation sites (tertiary alicyclic amines) is 1. The lowest BCUT2D eigenvalue weighted by atomic mass is 10.1. The molecular weight excluding hydrogens is 260 g/mol. The van der Waals surface area contributed by atoms with Gasteiger partial charge in [0.2, 0.25) is 0 Å². The van der Waals surface area contributed by atoms with Gasteiger partial charge in [-0.05, 0) is 43.7 Å². The maximum Gasteiger partial charge on any atom is 0.0564 e. The molecule has 3 nitrogen and oxygen atoms in total. The molecule has 0 aromatic heterocycles. The van der Waals surface area contributed by atoms with Crippen LogP contribution in [0.5, 0.6) is 0 Å². The molecule has 1 atom stereocenters. The lowest BCUT2D eigenvalue weighted by molar-refractivity contribution is 0.0793. The highest BCUT2D eigenvalue weighted by Crippen LogP contribution is 2.34. The fraction of sp³-hybridized carbons (Fsp3) is 0.667. The fourth-order valence-corrected chi connectivity index (χ4v) is 3.30. The Morgan fingerprint density at radius 3 is 2.62 bits per heavy atom. The van der Waals surface area contributed by atoms with Crippen molar-refractivity contribution in [2.45, 2.75) is 57.7 Å². The normalized spacial score (nSPS) is 22.2. The molecular formula is C18H28N2O. The van der Waals surface area contributed by atoms with Crippen LogP contribution in [0.15, 0.2) is 24.3 Å². The first-order valence-electron chi connectivity index (χ1n) is 8.45. The van der Waals surface area contributed by atoms with Gasteiger partial charge in [0, 0.05) is 31.4 Å². The van der Waals surface area contributed by atoms with Gasteiger partial charge in [-0.3, -0.25) is 4.90 Å². The van der Waals surface area contributed by atoms with Gasteiger partial charge >= 0.3 is 0 Å². The number of aliphatic hydroxyl groups is 1. The van der Waals surface area contributed by atoms with Gasteiger partial charge in [-0.2, -0.15) is 0 Å². The molecule has 1 saturated carbocycles. The second kappa shape index (κ2) is 6.80. The third kappa shape index (κ3) is 4.45. The molecule has 1 aromatic rings. The molecule has 1 saturated heterocycles. The van der Waals surface area contributed by atoms with E-state index in [1.165, 1.54) is 30.5 Å². The van der Waals surface area contributed by atoms with Crippen molar-refractivity contribution in [1.29, 1.82) is 0 Å². The van der Waals surface area contributed by atoms with Crippen LogP contribution < -0.4 is 5.32 Å². The summed E-state index contributed by atoms with van der Waals surface area (Å²) in [5.74, 6) is 0.961. The summed E-state index contributed by atoms with van der Waals surface area (Å²) < 4.78 is 0. The maximum absolute atomic E-state index is 9.62. The largest absolute Gasteiger partial charge is 0.393 e. The Hall–Kier alpha value is -1.06. The van der Waals surface area contributed by atoms with Crippen LogP contribution in [0.3, 0.4) is 0 Å². The van der Waals surface area contributed by atoms with Crippen molar-refractivity contribution < 1.29 is 5.11 Å². The van der Waals surface area contributed by atoms with E-state index in [-0.39, 0.29) is 6.10 Å². The van der Waals surface area contributed by atoms with E-state index in [0.29, 0.717) is 6.04 Å². The number of hydrogen-bond acceptors (Lipinski definition) is 3. The Labute approximate surface area is 128 Å². The van der Waals surface area contributed by atoms with Crippen LogP contribution in [0.2, 0.25) is 0 Å². The number of nitrogens with one attached hydrogen (secondary N) is 1. The number of anilines is 1. The molecule has 0 spiro atoms. The number of aliphatic hydroxyl groups excluding tert-OH is 1. The molecule has 2 fully saturated rings. The van der Waals surface area contributed by atoms with Gasteiger partial charge in [0.25, 0.3) is 0 Å². The van der Waals surface area contributed by atoms with Crippen molar-refractivity contribution >= 4 is 5.69 Å². The van der Waals surface area contributed by atoms with E-state index in [2.05, 4.69) is 41.4 Å². The molecule has 3 heteroatoms. The Balaban J connectivity index is 1.58. The average Bonchev–Trinajstić information content (AvgIpc) is 3.27. The molecule has 2 aliphatic rings. The first kappa shape index (κ1) is 14.9. The first-order valence-corrected chi connectivity index (χ1v) is 8.45. The molecule has 0 radical (unpaired) electrons. The van der Waals surface area contributed by atoms with Crippen molar-refractivity contribution in [2.75, 3.05) is 18.4 Å². The Bertz CT molecular complexity index is 450. The average molecular weight is 288 g/mol. The molecule has 116 valence electrons. The summed E-state index contributed by atoms with van der Waals surface area (Å²) in [5.41, 5.74) is 2.67. The number of benzene rings is 1. The highest BCUT2D eigenvalue weighted by molar-refractivity contribution is 5.51. The Morgan fingerprint density at radius 1 is 1.19 bits per heavy atom. The third-order valence-electron chi connectivity index (χ3n) is 4.75. The van der Waals surface area contributed by atoms with Crippen LogP contribution in [-0.4, -0.2) is 35.2 Å². The second-order valence-corrected chi connectivity index (χ2v) is 6.89. The number of para-hydroxylation sites is 1. The van der Waals surface area contributed by atoms with E-state index in [9.17, 15) is 5.11 Å². The van der Waals surface area contributed by atoms with Crippen LogP contribution in [0.25, 0.3) is 0 Å². The lowest BCUT2D eigenvalue weighted by Gasteiger charge is -2.30. The summed E-state index contributed by atoms with van der Waals surface area (Å²) in [7, 11) is 0. The van der Waals surface area contributed by atoms with Crippen LogP contribution in [0, 0.1) is 5.92 Å². The topological polar surface area (TPSA) is 35.5 Å². The van der Waals surface area contributed by atoms with Gasteiger partial charge in [-0.1, -0.05) is 31.0 Å². The zero-order valence-electron chi connectivity index (χ0n) is 13.1. The third-order valence-corrected chi connectivity index (χ3v) is 4.75. The minimum atomic E-state index is -0.0896. The number of piperidine rings is 1. The monoisotopic (exact) mass is 288 g/mol. The van der Waals surface area contributed by atoms with Crippen molar-refractivity contribution in [1.82, 2.24) is 4.90 Å². The molecule has 0 bridgehead atoms. The zero-order chi connectivity index (χ0) is 14.7. The molecule has 1 aliphatic heterocycles. The van der Waals surface area contributed by atoms with Crippen molar-refractivity contribution in [3.63, 3.8) is 0 Å². The van der Waals surface area contributed by atoms with Gasteiger partial charge < -0.3 is 10.4 Å². The first-order chi connectivity index (χ1) is 10.2. The quantitative estimate of drug-likeness (QED) is 0.843.